The van der Waals surface area contributed by atoms with Crippen molar-refractivity contribution in [2.24, 2.45) is 5.73 Å². The van der Waals surface area contributed by atoms with E-state index in [0.29, 0.717) is 5.16 Å². The summed E-state index contributed by atoms with van der Waals surface area (Å²) in [5, 5.41) is 0.609. The van der Waals surface area contributed by atoms with Crippen LogP contribution < -0.4 is 10.5 Å². The molecule has 2 amide bonds. The number of carbonyl (C=O) groups is 2. The Balaban J connectivity index is 2.00. The number of primary amides is 1. The standard InChI is InChI=1S/C13H16N4O2S/c1-7-5-9-10(6-8(7)2)16-13(15-9)20-17-12(19)4-3-11(14)18/h5-6H,3-4H2,1-2H3,(H2,14,18)(H,15,16)(H,17,19). The molecule has 1 aromatic heterocycles. The fourth-order valence-electron chi connectivity index (χ4n) is 1.69. The van der Waals surface area contributed by atoms with Gasteiger partial charge in [0.15, 0.2) is 5.16 Å². The molecule has 4 N–H and O–H groups in total. The summed E-state index contributed by atoms with van der Waals surface area (Å²) in [6, 6.07) is 4.02. The average molecular weight is 292 g/mol. The zero-order valence-electron chi connectivity index (χ0n) is 11.3. The number of nitrogens with one attached hydrogen (secondary N) is 2. The van der Waals surface area contributed by atoms with E-state index in [-0.39, 0.29) is 18.7 Å². The number of amides is 2. The number of nitrogens with two attached hydrogens (primary N) is 1. The molecular formula is C13H16N4O2S. The highest BCUT2D eigenvalue weighted by molar-refractivity contribution is 7.97. The quantitative estimate of drug-likeness (QED) is 0.728. The molecule has 1 heterocycles. The number of H-pyrrole nitrogens is 1. The predicted molar refractivity (Wildman–Crippen MR) is 78.0 cm³/mol. The molecule has 0 aliphatic rings. The molecule has 0 spiro atoms. The first-order valence-corrected chi connectivity index (χ1v) is 6.98. The Bertz CT molecular complexity index is 627. The van der Waals surface area contributed by atoms with Gasteiger partial charge in [-0.3, -0.25) is 14.3 Å². The van der Waals surface area contributed by atoms with E-state index < -0.39 is 5.91 Å². The monoisotopic (exact) mass is 292 g/mol. The summed E-state index contributed by atoms with van der Waals surface area (Å²) in [7, 11) is 0. The van der Waals surface area contributed by atoms with Gasteiger partial charge in [0.25, 0.3) is 0 Å². The number of imidazole rings is 1. The third-order valence-electron chi connectivity index (χ3n) is 2.94. The maximum absolute atomic E-state index is 11.5. The number of aryl methyl sites for hydroxylation is 2. The summed E-state index contributed by atoms with van der Waals surface area (Å²) in [4.78, 5) is 29.6. The van der Waals surface area contributed by atoms with Gasteiger partial charge in [0.05, 0.1) is 11.0 Å². The van der Waals surface area contributed by atoms with Gasteiger partial charge in [0, 0.05) is 24.8 Å². The van der Waals surface area contributed by atoms with Crippen LogP contribution in [0, 0.1) is 13.8 Å². The highest BCUT2D eigenvalue weighted by Crippen LogP contribution is 2.20. The Hall–Kier alpha value is -2.02. The summed E-state index contributed by atoms with van der Waals surface area (Å²) >= 11 is 1.10. The Morgan fingerprint density at radius 2 is 2.00 bits per heavy atom. The predicted octanol–water partition coefficient (Wildman–Crippen LogP) is 1.57. The molecule has 0 aliphatic carbocycles. The Morgan fingerprint density at radius 3 is 2.70 bits per heavy atom. The first-order valence-electron chi connectivity index (χ1n) is 6.16. The van der Waals surface area contributed by atoms with E-state index in [1.54, 1.807) is 0 Å². The number of rotatable bonds is 5. The molecule has 20 heavy (non-hydrogen) atoms. The van der Waals surface area contributed by atoms with E-state index >= 15 is 0 Å². The smallest absolute Gasteiger partial charge is 0.230 e. The van der Waals surface area contributed by atoms with Gasteiger partial charge in [-0.25, -0.2) is 4.98 Å². The van der Waals surface area contributed by atoms with Crippen LogP contribution in [0.1, 0.15) is 24.0 Å². The van der Waals surface area contributed by atoms with E-state index in [2.05, 4.69) is 14.7 Å². The summed E-state index contributed by atoms with van der Waals surface area (Å²) in [6.07, 6.45) is 0.131. The van der Waals surface area contributed by atoms with E-state index in [1.807, 2.05) is 26.0 Å². The van der Waals surface area contributed by atoms with Gasteiger partial charge in [-0.05, 0) is 37.1 Å². The lowest BCUT2D eigenvalue weighted by atomic mass is 10.1. The number of benzene rings is 1. The molecule has 2 rings (SSSR count). The maximum Gasteiger partial charge on any atom is 0.230 e. The Kier molecular flexibility index (Phi) is 4.29. The molecule has 0 saturated carbocycles. The second-order valence-corrected chi connectivity index (χ2v) is 5.38. The molecule has 0 unspecified atom stereocenters. The first-order chi connectivity index (χ1) is 9.45. The molecule has 2 aromatic rings. The number of aromatic amines is 1. The van der Waals surface area contributed by atoms with Crippen molar-refractivity contribution >= 4 is 34.8 Å². The van der Waals surface area contributed by atoms with Gasteiger partial charge < -0.3 is 10.7 Å². The van der Waals surface area contributed by atoms with Gasteiger partial charge in [0.1, 0.15) is 0 Å². The molecule has 7 heteroatoms. The summed E-state index contributed by atoms with van der Waals surface area (Å²) in [5.74, 6) is -0.735. The third kappa shape index (κ3) is 3.51. The minimum atomic E-state index is -0.486. The fraction of sp³-hybridized carbons (Fsp3) is 0.308. The zero-order valence-corrected chi connectivity index (χ0v) is 12.1. The van der Waals surface area contributed by atoms with E-state index in [0.717, 1.165) is 23.0 Å². The topological polar surface area (TPSA) is 101 Å². The van der Waals surface area contributed by atoms with Gasteiger partial charge in [-0.2, -0.15) is 0 Å². The van der Waals surface area contributed by atoms with Gasteiger partial charge in [-0.1, -0.05) is 0 Å². The lowest BCUT2D eigenvalue weighted by Gasteiger charge is -1.99. The number of fused-ring (bicyclic) bond motifs is 1. The van der Waals surface area contributed by atoms with Crippen molar-refractivity contribution in [1.29, 1.82) is 0 Å². The fourth-order valence-corrected chi connectivity index (χ4v) is 2.31. The first kappa shape index (κ1) is 14.4. The summed E-state index contributed by atoms with van der Waals surface area (Å²) < 4.78 is 2.62. The second-order valence-electron chi connectivity index (χ2n) is 4.59. The van der Waals surface area contributed by atoms with Crippen LogP contribution in [-0.2, 0) is 9.59 Å². The normalized spacial score (nSPS) is 10.7. The maximum atomic E-state index is 11.5. The molecule has 0 saturated heterocycles. The van der Waals surface area contributed by atoms with Crippen molar-refractivity contribution in [3.05, 3.63) is 23.3 Å². The largest absolute Gasteiger partial charge is 0.370 e. The summed E-state index contributed by atoms with van der Waals surface area (Å²) in [6.45, 7) is 4.07. The van der Waals surface area contributed by atoms with Crippen LogP contribution in [0.3, 0.4) is 0 Å². The van der Waals surface area contributed by atoms with Crippen LogP contribution in [0.5, 0.6) is 0 Å². The van der Waals surface area contributed by atoms with Crippen molar-refractivity contribution in [3.8, 4) is 0 Å². The highest BCUT2D eigenvalue weighted by atomic mass is 32.2. The van der Waals surface area contributed by atoms with Crippen molar-refractivity contribution in [2.45, 2.75) is 31.8 Å². The molecule has 0 aliphatic heterocycles. The van der Waals surface area contributed by atoms with Crippen molar-refractivity contribution in [3.63, 3.8) is 0 Å². The van der Waals surface area contributed by atoms with Crippen molar-refractivity contribution < 1.29 is 9.59 Å². The van der Waals surface area contributed by atoms with Crippen LogP contribution in [0.2, 0.25) is 0 Å². The number of hydrogen-bond donors (Lipinski definition) is 3. The van der Waals surface area contributed by atoms with Crippen molar-refractivity contribution in [2.75, 3.05) is 0 Å². The van der Waals surface area contributed by atoms with Gasteiger partial charge in [-0.15, -0.1) is 0 Å². The lowest BCUT2D eigenvalue weighted by molar-refractivity contribution is -0.123. The minimum Gasteiger partial charge on any atom is -0.370 e. The SMILES string of the molecule is Cc1cc2nc(SNC(=O)CCC(N)=O)[nH]c2cc1C. The van der Waals surface area contributed by atoms with Crippen LogP contribution in [0.4, 0.5) is 0 Å². The second kappa shape index (κ2) is 5.96. The molecule has 106 valence electrons. The average Bonchev–Trinajstić information content (AvgIpc) is 2.76. The van der Waals surface area contributed by atoms with Crippen LogP contribution in [0.15, 0.2) is 17.3 Å². The van der Waals surface area contributed by atoms with E-state index in [4.69, 9.17) is 5.73 Å². The number of nitrogens with zero attached hydrogens (tertiary/aromatic N) is 1. The molecule has 0 atom stereocenters. The third-order valence-corrected chi connectivity index (χ3v) is 3.65. The highest BCUT2D eigenvalue weighted by Gasteiger charge is 2.08. The molecule has 0 fully saturated rings. The van der Waals surface area contributed by atoms with Crippen LogP contribution in [0.25, 0.3) is 11.0 Å². The Morgan fingerprint density at radius 1 is 1.30 bits per heavy atom. The van der Waals surface area contributed by atoms with E-state index in [9.17, 15) is 9.59 Å². The molecule has 0 radical (unpaired) electrons. The molecule has 6 nitrogen and oxygen atoms in total. The Labute approximate surface area is 120 Å². The van der Waals surface area contributed by atoms with Crippen molar-refractivity contribution in [1.82, 2.24) is 14.7 Å². The molecular weight excluding hydrogens is 276 g/mol. The number of aromatic nitrogens is 2. The molecule has 1 aromatic carbocycles. The van der Waals surface area contributed by atoms with E-state index in [1.165, 1.54) is 11.1 Å². The number of carbonyl (C=O) groups excluding carboxylic acids is 2. The van der Waals surface area contributed by atoms with Gasteiger partial charge in [0.2, 0.25) is 11.8 Å². The minimum absolute atomic E-state index is 0.0465. The lowest BCUT2D eigenvalue weighted by Crippen LogP contribution is -2.19. The van der Waals surface area contributed by atoms with Crippen LogP contribution >= 0.6 is 11.9 Å². The van der Waals surface area contributed by atoms with Crippen LogP contribution in [-0.4, -0.2) is 21.8 Å². The van der Waals surface area contributed by atoms with Gasteiger partial charge >= 0.3 is 0 Å². The number of hydrogen-bond acceptors (Lipinski definition) is 4. The zero-order chi connectivity index (χ0) is 14.7. The molecule has 0 bridgehead atoms. The summed E-state index contributed by atoms with van der Waals surface area (Å²) in [5.41, 5.74) is 9.13.